The van der Waals surface area contributed by atoms with Gasteiger partial charge in [0.25, 0.3) is 0 Å². The maximum absolute atomic E-state index is 15.5. The van der Waals surface area contributed by atoms with Crippen molar-refractivity contribution in [3.63, 3.8) is 0 Å². The summed E-state index contributed by atoms with van der Waals surface area (Å²) in [5.74, 6) is -4.07. The van der Waals surface area contributed by atoms with Gasteiger partial charge in [0.05, 0.1) is 37.3 Å². The lowest BCUT2D eigenvalue weighted by Gasteiger charge is -2.33. The number of ether oxygens (including phenoxy) is 2. The molecule has 0 radical (unpaired) electrons. The average molecular weight is 578 g/mol. The fourth-order valence-electron chi connectivity index (χ4n) is 4.90. The van der Waals surface area contributed by atoms with E-state index in [0.717, 1.165) is 44.6 Å². The summed E-state index contributed by atoms with van der Waals surface area (Å²) < 4.78 is 67.6. The standard InChI is InChI=1S/C28H31F4N5O4/c1-17(2)37(26(38)19-7-5-4-6-8-19)23-15-22(29)24(14-20(23)27(39)40-3)41-25-21(28(30,31)32)13-18(16-33-25)9-12-36-34-10-11-35-36/h10-11,13-17,19H,4-9,12H2,1-3H3. The third kappa shape index (κ3) is 7.01. The van der Waals surface area contributed by atoms with Crippen LogP contribution in [0.15, 0.2) is 36.8 Å². The summed E-state index contributed by atoms with van der Waals surface area (Å²) in [7, 11) is 1.11. The first-order valence-electron chi connectivity index (χ1n) is 13.3. The number of rotatable bonds is 9. The van der Waals surface area contributed by atoms with E-state index in [1.807, 2.05) is 0 Å². The molecule has 0 spiro atoms. The number of nitrogens with zero attached hydrogens (tertiary/aromatic N) is 5. The Morgan fingerprint density at radius 2 is 1.78 bits per heavy atom. The number of pyridine rings is 1. The van der Waals surface area contributed by atoms with Gasteiger partial charge in [-0.3, -0.25) is 4.79 Å². The number of alkyl halides is 3. The molecule has 3 aromatic rings. The minimum atomic E-state index is -4.87. The number of methoxy groups -OCH3 is 1. The van der Waals surface area contributed by atoms with Gasteiger partial charge in [-0.1, -0.05) is 19.3 Å². The van der Waals surface area contributed by atoms with Crippen molar-refractivity contribution in [1.82, 2.24) is 20.0 Å². The van der Waals surface area contributed by atoms with Crippen LogP contribution < -0.4 is 9.64 Å². The van der Waals surface area contributed by atoms with Gasteiger partial charge in [0.15, 0.2) is 11.6 Å². The minimum absolute atomic E-state index is 0.0427. The molecule has 2 heterocycles. The van der Waals surface area contributed by atoms with Crippen molar-refractivity contribution in [3.8, 4) is 11.6 Å². The Balaban J connectivity index is 1.70. The molecule has 0 aliphatic heterocycles. The minimum Gasteiger partial charge on any atom is -0.465 e. The van der Waals surface area contributed by atoms with Gasteiger partial charge < -0.3 is 14.4 Å². The van der Waals surface area contributed by atoms with E-state index in [4.69, 9.17) is 9.47 Å². The summed E-state index contributed by atoms with van der Waals surface area (Å²) in [6.07, 6.45) is 3.53. The molecule has 41 heavy (non-hydrogen) atoms. The molecule has 220 valence electrons. The highest BCUT2D eigenvalue weighted by atomic mass is 19.4. The maximum atomic E-state index is 15.5. The van der Waals surface area contributed by atoms with Gasteiger partial charge in [-0.15, -0.1) is 0 Å². The third-order valence-electron chi connectivity index (χ3n) is 6.91. The van der Waals surface area contributed by atoms with Crippen LogP contribution in [0.2, 0.25) is 0 Å². The molecule has 0 N–H and O–H groups in total. The number of carbonyl (C=O) groups is 2. The van der Waals surface area contributed by atoms with Crippen LogP contribution in [0.4, 0.5) is 23.2 Å². The lowest BCUT2D eigenvalue weighted by atomic mass is 9.87. The van der Waals surface area contributed by atoms with Gasteiger partial charge in [0.2, 0.25) is 11.8 Å². The van der Waals surface area contributed by atoms with Crippen LogP contribution in [0.5, 0.6) is 11.6 Å². The fraction of sp³-hybridized carbons (Fsp3) is 0.464. The second-order valence-corrected chi connectivity index (χ2v) is 10.1. The van der Waals surface area contributed by atoms with E-state index in [0.29, 0.717) is 12.8 Å². The van der Waals surface area contributed by atoms with Crippen LogP contribution in [-0.4, -0.2) is 45.0 Å². The molecular weight excluding hydrogens is 546 g/mol. The molecule has 0 unspecified atom stereocenters. The monoisotopic (exact) mass is 577 g/mol. The van der Waals surface area contributed by atoms with Crippen molar-refractivity contribution in [2.45, 2.75) is 71.1 Å². The first-order valence-corrected chi connectivity index (χ1v) is 13.3. The summed E-state index contributed by atoms with van der Waals surface area (Å²) in [6.45, 7) is 3.68. The molecule has 0 bridgehead atoms. The molecule has 1 fully saturated rings. The van der Waals surface area contributed by atoms with Crippen LogP contribution in [0.3, 0.4) is 0 Å². The molecule has 1 aromatic carbocycles. The van der Waals surface area contributed by atoms with Crippen LogP contribution in [-0.2, 0) is 28.7 Å². The normalized spacial score (nSPS) is 14.2. The summed E-state index contributed by atoms with van der Waals surface area (Å²) in [5.41, 5.74) is -1.25. The first-order chi connectivity index (χ1) is 19.5. The van der Waals surface area contributed by atoms with Crippen molar-refractivity contribution in [2.24, 2.45) is 5.92 Å². The fourth-order valence-corrected chi connectivity index (χ4v) is 4.90. The van der Waals surface area contributed by atoms with Crippen molar-refractivity contribution in [3.05, 3.63) is 59.3 Å². The molecule has 13 heteroatoms. The van der Waals surface area contributed by atoms with E-state index in [1.54, 1.807) is 13.8 Å². The van der Waals surface area contributed by atoms with E-state index in [1.165, 1.54) is 28.3 Å². The summed E-state index contributed by atoms with van der Waals surface area (Å²) in [4.78, 5) is 32.7. The summed E-state index contributed by atoms with van der Waals surface area (Å²) in [6, 6.07) is 2.28. The Morgan fingerprint density at radius 1 is 1.10 bits per heavy atom. The average Bonchev–Trinajstić information content (AvgIpc) is 3.47. The molecule has 2 aromatic heterocycles. The van der Waals surface area contributed by atoms with E-state index in [2.05, 4.69) is 15.2 Å². The highest BCUT2D eigenvalue weighted by Crippen LogP contribution is 2.40. The Labute approximate surface area is 234 Å². The molecule has 4 rings (SSSR count). The van der Waals surface area contributed by atoms with E-state index < -0.39 is 41.2 Å². The van der Waals surface area contributed by atoms with Crippen LogP contribution in [0, 0.1) is 11.7 Å². The highest BCUT2D eigenvalue weighted by molar-refractivity contribution is 6.04. The van der Waals surface area contributed by atoms with E-state index in [9.17, 15) is 22.8 Å². The Bertz CT molecular complexity index is 1370. The zero-order valence-corrected chi connectivity index (χ0v) is 22.9. The predicted octanol–water partition coefficient (Wildman–Crippen LogP) is 5.97. The zero-order chi connectivity index (χ0) is 29.7. The second kappa shape index (κ2) is 12.6. The number of halogens is 4. The van der Waals surface area contributed by atoms with E-state index >= 15 is 4.39 Å². The van der Waals surface area contributed by atoms with Crippen molar-refractivity contribution in [2.75, 3.05) is 12.0 Å². The van der Waals surface area contributed by atoms with Gasteiger partial charge >= 0.3 is 12.1 Å². The smallest absolute Gasteiger partial charge is 0.421 e. The lowest BCUT2D eigenvalue weighted by Crippen LogP contribution is -2.42. The van der Waals surface area contributed by atoms with Crippen molar-refractivity contribution < 1.29 is 36.6 Å². The highest BCUT2D eigenvalue weighted by Gasteiger charge is 2.37. The van der Waals surface area contributed by atoms with Crippen LogP contribution in [0.25, 0.3) is 0 Å². The predicted molar refractivity (Wildman–Crippen MR) is 140 cm³/mol. The van der Waals surface area contributed by atoms with Crippen molar-refractivity contribution >= 4 is 17.6 Å². The lowest BCUT2D eigenvalue weighted by molar-refractivity contribution is -0.139. The van der Waals surface area contributed by atoms with Crippen molar-refractivity contribution in [1.29, 1.82) is 0 Å². The van der Waals surface area contributed by atoms with Gasteiger partial charge in [-0.05, 0) is 44.7 Å². The SMILES string of the molecule is COC(=O)c1cc(Oc2ncc(CCn3nccn3)cc2C(F)(F)F)c(F)cc1N(C(=O)C1CCCCC1)C(C)C. The number of aryl methyl sites for hydroxylation is 2. The molecule has 1 aliphatic rings. The Morgan fingerprint density at radius 3 is 2.39 bits per heavy atom. The van der Waals surface area contributed by atoms with E-state index in [-0.39, 0.29) is 41.6 Å². The quantitative estimate of drug-likeness (QED) is 0.228. The second-order valence-electron chi connectivity index (χ2n) is 10.1. The first kappa shape index (κ1) is 29.9. The van der Waals surface area contributed by atoms with Gasteiger partial charge in [0, 0.05) is 30.3 Å². The van der Waals surface area contributed by atoms with Crippen LogP contribution in [0.1, 0.15) is 67.4 Å². The number of aromatic nitrogens is 4. The Hall–Kier alpha value is -4.03. The molecule has 0 saturated heterocycles. The molecule has 1 saturated carbocycles. The number of esters is 1. The number of anilines is 1. The maximum Gasteiger partial charge on any atom is 0.421 e. The summed E-state index contributed by atoms with van der Waals surface area (Å²) in [5, 5.41) is 7.83. The number of hydrogen-bond acceptors (Lipinski definition) is 7. The number of benzene rings is 1. The summed E-state index contributed by atoms with van der Waals surface area (Å²) >= 11 is 0. The van der Waals surface area contributed by atoms with Gasteiger partial charge in [0.1, 0.15) is 5.56 Å². The Kier molecular flexibility index (Phi) is 9.24. The van der Waals surface area contributed by atoms with Crippen LogP contribution >= 0.6 is 0 Å². The number of carbonyl (C=O) groups excluding carboxylic acids is 2. The zero-order valence-electron chi connectivity index (χ0n) is 22.9. The number of amides is 1. The van der Waals surface area contributed by atoms with Gasteiger partial charge in [-0.2, -0.15) is 28.2 Å². The molecule has 1 aliphatic carbocycles. The molecule has 0 atom stereocenters. The van der Waals surface area contributed by atoms with Gasteiger partial charge in [-0.25, -0.2) is 14.2 Å². The molecule has 1 amide bonds. The third-order valence-corrected chi connectivity index (χ3v) is 6.91. The molecular formula is C28H31F4N5O4. The largest absolute Gasteiger partial charge is 0.465 e. The molecule has 9 nitrogen and oxygen atoms in total. The topological polar surface area (TPSA) is 99.4 Å². The number of hydrogen-bond donors (Lipinski definition) is 0.